The van der Waals surface area contributed by atoms with Gasteiger partial charge in [-0.05, 0) is 30.5 Å². The van der Waals surface area contributed by atoms with Crippen LogP contribution in [0.1, 0.15) is 29.9 Å². The van der Waals surface area contributed by atoms with Gasteiger partial charge in [-0.2, -0.15) is 0 Å². The van der Waals surface area contributed by atoms with Gasteiger partial charge in [-0.3, -0.25) is 9.69 Å². The molecule has 3 aliphatic heterocycles. The topological polar surface area (TPSA) is 62.2 Å². The van der Waals surface area contributed by atoms with E-state index in [1.807, 2.05) is 35.2 Å². The second kappa shape index (κ2) is 8.61. The number of fused-ring (bicyclic) bond motifs is 3. The van der Waals surface area contributed by atoms with Gasteiger partial charge >= 0.3 is 0 Å². The second-order valence-electron chi connectivity index (χ2n) is 8.72. The third kappa shape index (κ3) is 3.53. The maximum atomic E-state index is 13.5. The number of aliphatic hydroxyl groups excluding tert-OH is 1. The average molecular weight is 423 g/mol. The van der Waals surface area contributed by atoms with Crippen molar-refractivity contribution in [3.63, 3.8) is 0 Å². The van der Waals surface area contributed by atoms with Crippen molar-refractivity contribution in [3.05, 3.63) is 59.7 Å². The molecule has 2 fully saturated rings. The van der Waals surface area contributed by atoms with Crippen LogP contribution in [0.2, 0.25) is 0 Å². The molecule has 0 aliphatic carbocycles. The van der Waals surface area contributed by atoms with E-state index in [2.05, 4.69) is 23.1 Å². The number of para-hydroxylation sites is 2. The Morgan fingerprint density at radius 2 is 1.87 bits per heavy atom. The Kier molecular flexibility index (Phi) is 5.69. The van der Waals surface area contributed by atoms with Crippen LogP contribution in [0.5, 0.6) is 5.75 Å². The zero-order valence-corrected chi connectivity index (χ0v) is 17.9. The summed E-state index contributed by atoms with van der Waals surface area (Å²) in [6.07, 6.45) is 1.57. The molecule has 0 aromatic heterocycles. The fraction of sp³-hybridized carbons (Fsp3) is 0.480. The highest BCUT2D eigenvalue weighted by Gasteiger charge is 2.53. The first kappa shape index (κ1) is 20.5. The van der Waals surface area contributed by atoms with Crippen LogP contribution < -0.4 is 9.64 Å². The highest BCUT2D eigenvalue weighted by atomic mass is 16.5. The Labute approximate surface area is 183 Å². The molecule has 6 nitrogen and oxygen atoms in total. The Morgan fingerprint density at radius 1 is 1.13 bits per heavy atom. The molecule has 1 amide bonds. The number of methoxy groups -OCH3 is 1. The van der Waals surface area contributed by atoms with Crippen molar-refractivity contribution in [2.45, 2.75) is 37.4 Å². The van der Waals surface area contributed by atoms with Crippen molar-refractivity contribution in [3.8, 4) is 5.75 Å². The molecule has 3 atom stereocenters. The number of benzene rings is 2. The minimum Gasteiger partial charge on any atom is -0.496 e. The van der Waals surface area contributed by atoms with Crippen LogP contribution in [-0.4, -0.2) is 61.5 Å². The predicted molar refractivity (Wildman–Crippen MR) is 118 cm³/mol. The van der Waals surface area contributed by atoms with Gasteiger partial charge in [0, 0.05) is 61.5 Å². The lowest BCUT2D eigenvalue weighted by Gasteiger charge is -2.59. The molecular formula is C25H30N2O4. The van der Waals surface area contributed by atoms with Crippen LogP contribution in [0, 0.1) is 5.92 Å². The molecule has 0 spiro atoms. The zero-order valence-electron chi connectivity index (χ0n) is 17.9. The maximum Gasteiger partial charge on any atom is 0.230 e. The number of carbonyl (C=O) groups excluding carboxylic acids is 1. The number of carbonyl (C=O) groups is 1. The summed E-state index contributed by atoms with van der Waals surface area (Å²) in [5, 5.41) is 10.2. The standard InChI is InChI=1S/C25H30N2O4/c1-30-23-9-5-2-6-18(23)14-26-21-15-27(25(29)17-10-12-31-13-11-17)20-8-4-3-7-19(20)24(21)22(26)16-28/h2-9,17,21-22,24,28H,10-16H2,1H3/t21-,22-,24+/m1/s1. The normalized spacial score (nSPS) is 26.0. The Bertz CT molecular complexity index is 943. The van der Waals surface area contributed by atoms with E-state index in [-0.39, 0.29) is 36.4 Å². The smallest absolute Gasteiger partial charge is 0.230 e. The number of nitrogens with zero attached hydrogens (tertiary/aromatic N) is 2. The first-order valence-electron chi connectivity index (χ1n) is 11.2. The van der Waals surface area contributed by atoms with Crippen molar-refractivity contribution in [2.24, 2.45) is 5.92 Å². The predicted octanol–water partition coefficient (Wildman–Crippen LogP) is 2.80. The molecule has 5 rings (SSSR count). The zero-order chi connectivity index (χ0) is 21.4. The van der Waals surface area contributed by atoms with Crippen LogP contribution >= 0.6 is 0 Å². The molecule has 31 heavy (non-hydrogen) atoms. The lowest BCUT2D eigenvalue weighted by molar-refractivity contribution is -0.126. The molecule has 164 valence electrons. The SMILES string of the molecule is COc1ccccc1CN1[C@H](CO)[C@H]2c3ccccc3N(C(=O)C3CCOCC3)C[C@H]21. The summed E-state index contributed by atoms with van der Waals surface area (Å²) >= 11 is 0. The molecule has 0 bridgehead atoms. The van der Waals surface area contributed by atoms with E-state index in [1.165, 1.54) is 5.56 Å². The molecule has 0 saturated carbocycles. The molecule has 2 saturated heterocycles. The molecule has 0 unspecified atom stereocenters. The first-order chi connectivity index (χ1) is 15.2. The van der Waals surface area contributed by atoms with Gasteiger partial charge in [0.2, 0.25) is 5.91 Å². The largest absolute Gasteiger partial charge is 0.496 e. The fourth-order valence-corrected chi connectivity index (χ4v) is 5.60. The van der Waals surface area contributed by atoms with Gasteiger partial charge in [0.05, 0.1) is 13.7 Å². The number of hydrogen-bond donors (Lipinski definition) is 1. The van der Waals surface area contributed by atoms with Gasteiger partial charge in [-0.1, -0.05) is 36.4 Å². The van der Waals surface area contributed by atoms with Crippen molar-refractivity contribution in [1.29, 1.82) is 0 Å². The van der Waals surface area contributed by atoms with E-state index >= 15 is 0 Å². The van der Waals surface area contributed by atoms with E-state index in [0.29, 0.717) is 26.3 Å². The Hall–Kier alpha value is -2.41. The van der Waals surface area contributed by atoms with Gasteiger partial charge in [0.15, 0.2) is 0 Å². The summed E-state index contributed by atoms with van der Waals surface area (Å²) in [4.78, 5) is 17.8. The third-order valence-corrected chi connectivity index (χ3v) is 7.21. The quantitative estimate of drug-likeness (QED) is 0.803. The number of ether oxygens (including phenoxy) is 2. The van der Waals surface area contributed by atoms with Crippen LogP contribution in [-0.2, 0) is 16.1 Å². The maximum absolute atomic E-state index is 13.5. The van der Waals surface area contributed by atoms with Crippen molar-refractivity contribution < 1.29 is 19.4 Å². The second-order valence-corrected chi connectivity index (χ2v) is 8.72. The Morgan fingerprint density at radius 3 is 2.65 bits per heavy atom. The molecule has 1 N–H and O–H groups in total. The molecule has 3 aliphatic rings. The van der Waals surface area contributed by atoms with Crippen LogP contribution in [0.4, 0.5) is 5.69 Å². The average Bonchev–Trinajstić information content (AvgIpc) is 2.83. The van der Waals surface area contributed by atoms with Crippen LogP contribution in [0.3, 0.4) is 0 Å². The van der Waals surface area contributed by atoms with Gasteiger partial charge in [-0.15, -0.1) is 0 Å². The molecule has 3 heterocycles. The highest BCUT2D eigenvalue weighted by Crippen LogP contribution is 2.49. The molecule has 2 aromatic carbocycles. The lowest BCUT2D eigenvalue weighted by Crippen LogP contribution is -2.69. The summed E-state index contributed by atoms with van der Waals surface area (Å²) in [7, 11) is 1.69. The van der Waals surface area contributed by atoms with E-state index in [1.54, 1.807) is 7.11 Å². The number of aliphatic hydroxyl groups is 1. The van der Waals surface area contributed by atoms with E-state index in [9.17, 15) is 9.90 Å². The van der Waals surface area contributed by atoms with Crippen LogP contribution in [0.25, 0.3) is 0 Å². The Balaban J connectivity index is 1.45. The van der Waals surface area contributed by atoms with Crippen LogP contribution in [0.15, 0.2) is 48.5 Å². The van der Waals surface area contributed by atoms with Gasteiger partial charge in [-0.25, -0.2) is 0 Å². The summed E-state index contributed by atoms with van der Waals surface area (Å²) in [5.74, 6) is 1.32. The fourth-order valence-electron chi connectivity index (χ4n) is 5.60. The van der Waals surface area contributed by atoms with Crippen molar-refractivity contribution in [2.75, 3.05) is 38.4 Å². The number of amides is 1. The summed E-state index contributed by atoms with van der Waals surface area (Å²) in [6, 6.07) is 16.5. The van der Waals surface area contributed by atoms with E-state index in [0.717, 1.165) is 29.8 Å². The number of rotatable bonds is 5. The van der Waals surface area contributed by atoms with E-state index < -0.39 is 0 Å². The lowest BCUT2D eigenvalue weighted by atomic mass is 9.71. The number of hydrogen-bond acceptors (Lipinski definition) is 5. The molecule has 6 heteroatoms. The van der Waals surface area contributed by atoms with Crippen molar-refractivity contribution >= 4 is 11.6 Å². The molecule has 0 radical (unpaired) electrons. The van der Waals surface area contributed by atoms with Crippen molar-refractivity contribution in [1.82, 2.24) is 4.90 Å². The summed E-state index contributed by atoms with van der Waals surface area (Å²) < 4.78 is 11.0. The highest BCUT2D eigenvalue weighted by molar-refractivity contribution is 5.96. The summed E-state index contributed by atoms with van der Waals surface area (Å²) in [5.41, 5.74) is 3.29. The van der Waals surface area contributed by atoms with E-state index in [4.69, 9.17) is 9.47 Å². The minimum absolute atomic E-state index is 0.0229. The molecular weight excluding hydrogens is 392 g/mol. The minimum atomic E-state index is 0.0229. The first-order valence-corrected chi connectivity index (χ1v) is 11.2. The van der Waals surface area contributed by atoms with Gasteiger partial charge in [0.1, 0.15) is 5.75 Å². The number of likely N-dealkylation sites (tertiary alicyclic amines) is 1. The monoisotopic (exact) mass is 422 g/mol. The van der Waals surface area contributed by atoms with Gasteiger partial charge in [0.25, 0.3) is 0 Å². The number of anilines is 1. The third-order valence-electron chi connectivity index (χ3n) is 7.21. The summed E-state index contributed by atoms with van der Waals surface area (Å²) in [6.45, 7) is 2.76. The van der Waals surface area contributed by atoms with Gasteiger partial charge < -0.3 is 19.5 Å². The molecule has 2 aromatic rings.